The van der Waals surface area contributed by atoms with Crippen LogP contribution >= 0.6 is 0 Å². The molecule has 176 valence electrons. The molecule has 6 heteroatoms. The number of nitrogens with one attached hydrogen (secondary N) is 2. The average molecular weight is 449 g/mol. The molecule has 0 bridgehead atoms. The minimum atomic E-state index is -0.229. The van der Waals surface area contributed by atoms with E-state index in [9.17, 15) is 9.59 Å². The molecule has 2 rings (SSSR count). The van der Waals surface area contributed by atoms with E-state index in [1.54, 1.807) is 12.4 Å². The van der Waals surface area contributed by atoms with Crippen LogP contribution in [0, 0.1) is 0 Å². The van der Waals surface area contributed by atoms with Crippen LogP contribution in [0.5, 0.6) is 0 Å². The molecule has 0 heterocycles. The lowest BCUT2D eigenvalue weighted by Crippen LogP contribution is -2.20. The third-order valence-corrected chi connectivity index (χ3v) is 5.17. The van der Waals surface area contributed by atoms with E-state index in [0.717, 1.165) is 11.1 Å². The summed E-state index contributed by atoms with van der Waals surface area (Å²) < 4.78 is 0. The minimum Gasteiger partial charge on any atom is -0.273 e. The van der Waals surface area contributed by atoms with Crippen molar-refractivity contribution < 1.29 is 9.59 Å². The molecule has 0 aliphatic carbocycles. The quantitative estimate of drug-likeness (QED) is 0.437. The van der Waals surface area contributed by atoms with Crippen LogP contribution in [-0.4, -0.2) is 24.2 Å². The molecule has 0 saturated carbocycles. The zero-order valence-electron chi connectivity index (χ0n) is 20.6. The van der Waals surface area contributed by atoms with Crippen molar-refractivity contribution in [2.24, 2.45) is 10.2 Å². The molecule has 33 heavy (non-hydrogen) atoms. The predicted octanol–water partition coefficient (Wildman–Crippen LogP) is 5.05. The molecular weight excluding hydrogens is 412 g/mol. The lowest BCUT2D eigenvalue weighted by molar-refractivity contribution is -0.122. The molecule has 0 aliphatic rings. The zero-order valence-corrected chi connectivity index (χ0v) is 20.6. The summed E-state index contributed by atoms with van der Waals surface area (Å²) in [6.07, 6.45) is 4.07. The van der Waals surface area contributed by atoms with Gasteiger partial charge in [0, 0.05) is 12.8 Å². The van der Waals surface area contributed by atoms with Gasteiger partial charge in [0.15, 0.2) is 0 Å². The van der Waals surface area contributed by atoms with Gasteiger partial charge in [0.2, 0.25) is 11.8 Å². The van der Waals surface area contributed by atoms with Crippen molar-refractivity contribution >= 4 is 24.2 Å². The van der Waals surface area contributed by atoms with Crippen molar-refractivity contribution in [3.05, 3.63) is 70.8 Å². The Balaban J connectivity index is 1.67. The van der Waals surface area contributed by atoms with Crippen LogP contribution in [0.4, 0.5) is 0 Å². The van der Waals surface area contributed by atoms with Crippen LogP contribution in [0.2, 0.25) is 0 Å². The van der Waals surface area contributed by atoms with E-state index >= 15 is 0 Å². The van der Waals surface area contributed by atoms with Crippen LogP contribution in [-0.2, 0) is 20.4 Å². The van der Waals surface area contributed by atoms with Gasteiger partial charge in [-0.05, 0) is 39.5 Å². The smallest absolute Gasteiger partial charge is 0.240 e. The van der Waals surface area contributed by atoms with Gasteiger partial charge in [-0.2, -0.15) is 10.2 Å². The number of rotatable bonds is 8. The van der Waals surface area contributed by atoms with Gasteiger partial charge in [0.25, 0.3) is 0 Å². The fourth-order valence-corrected chi connectivity index (χ4v) is 3.02. The summed E-state index contributed by atoms with van der Waals surface area (Å²) in [5, 5.41) is 7.97. The molecule has 0 unspecified atom stereocenters. The van der Waals surface area contributed by atoms with Crippen molar-refractivity contribution in [2.45, 2.75) is 71.6 Å². The lowest BCUT2D eigenvalue weighted by atomic mass is 9.87. The second kappa shape index (κ2) is 11.5. The number of hydrogen-bond donors (Lipinski definition) is 2. The fraction of sp³-hybridized carbons (Fsp3) is 0.407. The number of benzene rings is 2. The van der Waals surface area contributed by atoms with Crippen molar-refractivity contribution in [2.75, 3.05) is 0 Å². The first-order valence-corrected chi connectivity index (χ1v) is 11.3. The third kappa shape index (κ3) is 9.39. The molecule has 0 saturated heterocycles. The highest BCUT2D eigenvalue weighted by Crippen LogP contribution is 2.22. The van der Waals surface area contributed by atoms with Crippen LogP contribution in [0.25, 0.3) is 0 Å². The molecule has 0 spiro atoms. The van der Waals surface area contributed by atoms with E-state index in [0.29, 0.717) is 6.42 Å². The van der Waals surface area contributed by atoms with Crippen LogP contribution in [0.15, 0.2) is 58.7 Å². The van der Waals surface area contributed by atoms with Crippen molar-refractivity contribution in [3.8, 4) is 0 Å². The number of hydrogen-bond acceptors (Lipinski definition) is 4. The second-order valence-corrected chi connectivity index (χ2v) is 10.2. The summed E-state index contributed by atoms with van der Waals surface area (Å²) in [6.45, 7) is 13.0. The molecule has 0 aromatic heterocycles. The van der Waals surface area contributed by atoms with E-state index in [1.165, 1.54) is 11.1 Å². The normalized spacial score (nSPS) is 12.3. The Hall–Kier alpha value is -3.28. The Labute approximate surface area is 197 Å². The molecule has 2 aromatic carbocycles. The predicted molar refractivity (Wildman–Crippen MR) is 136 cm³/mol. The fourth-order valence-electron chi connectivity index (χ4n) is 3.02. The Morgan fingerprint density at radius 1 is 0.667 bits per heavy atom. The Kier molecular flexibility index (Phi) is 9.09. The van der Waals surface area contributed by atoms with Gasteiger partial charge in [-0.1, -0.05) is 90.1 Å². The number of nitrogens with zero attached hydrogens (tertiary/aromatic N) is 2. The summed E-state index contributed by atoms with van der Waals surface area (Å²) in [6, 6.07) is 16.1. The topological polar surface area (TPSA) is 82.9 Å². The highest BCUT2D eigenvalue weighted by molar-refractivity contribution is 5.84. The molecule has 2 amide bonds. The number of carbonyl (C=O) groups excluding carboxylic acids is 2. The van der Waals surface area contributed by atoms with E-state index < -0.39 is 0 Å². The van der Waals surface area contributed by atoms with Crippen LogP contribution in [0.1, 0.15) is 83.1 Å². The molecule has 0 radical (unpaired) electrons. The minimum absolute atomic E-state index is 0.0964. The van der Waals surface area contributed by atoms with Gasteiger partial charge >= 0.3 is 0 Å². The summed E-state index contributed by atoms with van der Waals surface area (Å²) >= 11 is 0. The van der Waals surface area contributed by atoms with E-state index in [1.807, 2.05) is 24.3 Å². The molecule has 2 N–H and O–H groups in total. The average Bonchev–Trinajstić information content (AvgIpc) is 2.73. The second-order valence-electron chi connectivity index (χ2n) is 10.2. The van der Waals surface area contributed by atoms with E-state index in [4.69, 9.17) is 0 Å². The molecule has 0 aliphatic heterocycles. The third-order valence-electron chi connectivity index (χ3n) is 5.17. The summed E-state index contributed by atoms with van der Waals surface area (Å²) in [4.78, 5) is 23.8. The summed E-state index contributed by atoms with van der Waals surface area (Å²) in [7, 11) is 0. The Morgan fingerprint density at radius 3 is 1.30 bits per heavy atom. The van der Waals surface area contributed by atoms with Crippen molar-refractivity contribution in [1.82, 2.24) is 10.9 Å². The van der Waals surface area contributed by atoms with Crippen LogP contribution < -0.4 is 10.9 Å². The Bertz CT molecular complexity index is 895. The maximum absolute atomic E-state index is 11.9. The van der Waals surface area contributed by atoms with Gasteiger partial charge in [-0.3, -0.25) is 9.59 Å². The van der Waals surface area contributed by atoms with Gasteiger partial charge in [0.05, 0.1) is 12.4 Å². The van der Waals surface area contributed by atoms with Crippen molar-refractivity contribution in [3.63, 3.8) is 0 Å². The van der Waals surface area contributed by atoms with Crippen molar-refractivity contribution in [1.29, 1.82) is 0 Å². The molecule has 0 fully saturated rings. The first kappa shape index (κ1) is 26.0. The highest BCUT2D eigenvalue weighted by atomic mass is 16.2. The molecule has 6 nitrogen and oxygen atoms in total. The SMILES string of the molecule is CC(C)(C)c1ccc(C=NNC(=O)CCCC(=O)NN=Cc2ccc(C(C)(C)C)cc2)cc1. The molecular formula is C27H36N4O2. The van der Waals surface area contributed by atoms with Gasteiger partial charge in [0.1, 0.15) is 0 Å². The highest BCUT2D eigenvalue weighted by Gasteiger charge is 2.13. The molecule has 0 atom stereocenters. The van der Waals surface area contributed by atoms with Gasteiger partial charge in [-0.15, -0.1) is 0 Å². The molecule has 2 aromatic rings. The number of amides is 2. The van der Waals surface area contributed by atoms with Gasteiger partial charge in [-0.25, -0.2) is 10.9 Å². The number of carbonyl (C=O) groups is 2. The van der Waals surface area contributed by atoms with E-state index in [-0.39, 0.29) is 35.5 Å². The first-order chi connectivity index (χ1) is 15.4. The first-order valence-electron chi connectivity index (χ1n) is 11.3. The largest absolute Gasteiger partial charge is 0.273 e. The Morgan fingerprint density at radius 2 is 1.00 bits per heavy atom. The van der Waals surface area contributed by atoms with E-state index in [2.05, 4.69) is 86.9 Å². The maximum Gasteiger partial charge on any atom is 0.240 e. The van der Waals surface area contributed by atoms with Crippen LogP contribution in [0.3, 0.4) is 0 Å². The van der Waals surface area contributed by atoms with Gasteiger partial charge < -0.3 is 0 Å². The number of hydrazone groups is 2. The zero-order chi connectivity index (χ0) is 24.5. The lowest BCUT2D eigenvalue weighted by Gasteiger charge is -2.18. The summed E-state index contributed by atoms with van der Waals surface area (Å²) in [5.74, 6) is -0.458. The maximum atomic E-state index is 11.9. The standard InChI is InChI=1S/C27H36N4O2/c1-26(2,3)22-14-10-20(11-15-22)18-28-30-24(32)8-7-9-25(33)31-29-19-21-12-16-23(17-13-21)27(4,5)6/h10-19H,7-9H2,1-6H3,(H,30,32)(H,31,33). The summed E-state index contributed by atoms with van der Waals surface area (Å²) in [5.41, 5.74) is 9.49. The monoisotopic (exact) mass is 448 g/mol.